The Bertz CT molecular complexity index is 525. The highest BCUT2D eigenvalue weighted by molar-refractivity contribution is 9.12. The van der Waals surface area contributed by atoms with E-state index in [1.165, 1.54) is 6.20 Å². The van der Waals surface area contributed by atoms with Crippen molar-refractivity contribution in [2.75, 3.05) is 5.32 Å². The summed E-state index contributed by atoms with van der Waals surface area (Å²) < 4.78 is 4.12. The number of carbonyl (C=O) groups excluding carboxylic acids is 1. The van der Waals surface area contributed by atoms with Crippen LogP contribution in [0.15, 0.2) is 41.0 Å². The third-order valence-corrected chi connectivity index (χ3v) is 3.08. The highest BCUT2D eigenvalue weighted by Gasteiger charge is 2.07. The molecule has 0 aliphatic rings. The van der Waals surface area contributed by atoms with Crippen LogP contribution in [0.25, 0.3) is 6.08 Å². The number of carbonyl (C=O) groups is 1. The first kappa shape index (κ1) is 11.9. The molecule has 4 nitrogen and oxygen atoms in total. The second-order valence-corrected chi connectivity index (χ2v) is 4.78. The van der Waals surface area contributed by atoms with Crippen LogP contribution < -0.4 is 5.32 Å². The maximum Gasteiger partial charge on any atom is 0.263 e. The fourth-order valence-electron chi connectivity index (χ4n) is 1.15. The Morgan fingerprint density at radius 3 is 2.76 bits per heavy atom. The SMILES string of the molecule is O=C(Nc1cnns1)/C(Br)=C\c1ccccc1. The lowest BCUT2D eigenvalue weighted by molar-refractivity contribution is -0.112. The molecule has 1 heterocycles. The minimum atomic E-state index is -0.222. The Morgan fingerprint density at radius 1 is 1.35 bits per heavy atom. The molecule has 0 radical (unpaired) electrons. The molecule has 17 heavy (non-hydrogen) atoms. The molecule has 1 amide bonds. The maximum absolute atomic E-state index is 11.7. The summed E-state index contributed by atoms with van der Waals surface area (Å²) in [5.74, 6) is -0.222. The van der Waals surface area contributed by atoms with Crippen molar-refractivity contribution < 1.29 is 4.79 Å². The van der Waals surface area contributed by atoms with Gasteiger partial charge < -0.3 is 5.32 Å². The van der Waals surface area contributed by atoms with Crippen LogP contribution in [0, 0.1) is 0 Å². The van der Waals surface area contributed by atoms with E-state index in [0.717, 1.165) is 17.1 Å². The monoisotopic (exact) mass is 309 g/mol. The molecule has 0 aliphatic heterocycles. The predicted octanol–water partition coefficient (Wildman–Crippen LogP) is 2.91. The number of amides is 1. The quantitative estimate of drug-likeness (QED) is 0.887. The predicted molar refractivity (Wildman–Crippen MR) is 71.9 cm³/mol. The second-order valence-electron chi connectivity index (χ2n) is 3.14. The van der Waals surface area contributed by atoms with E-state index in [1.807, 2.05) is 30.3 Å². The summed E-state index contributed by atoms with van der Waals surface area (Å²) in [6, 6.07) is 9.59. The largest absolute Gasteiger partial charge is 0.310 e. The molecule has 1 aromatic heterocycles. The summed E-state index contributed by atoms with van der Waals surface area (Å²) >= 11 is 4.37. The molecule has 0 aliphatic carbocycles. The molecule has 2 rings (SSSR count). The minimum Gasteiger partial charge on any atom is -0.310 e. The minimum absolute atomic E-state index is 0.222. The van der Waals surface area contributed by atoms with Crippen LogP contribution in [0.1, 0.15) is 5.56 Å². The summed E-state index contributed by atoms with van der Waals surface area (Å²) in [5, 5.41) is 6.94. The van der Waals surface area contributed by atoms with Gasteiger partial charge in [-0.15, -0.1) is 5.10 Å². The molecule has 0 unspecified atom stereocenters. The van der Waals surface area contributed by atoms with Gasteiger partial charge in [0.15, 0.2) is 0 Å². The fourth-order valence-corrected chi connectivity index (χ4v) is 1.93. The van der Waals surface area contributed by atoms with Crippen LogP contribution in [-0.2, 0) is 4.79 Å². The first-order valence-corrected chi connectivity index (χ1v) is 6.33. The lowest BCUT2D eigenvalue weighted by Crippen LogP contribution is -2.09. The van der Waals surface area contributed by atoms with Crippen LogP contribution >= 0.6 is 27.5 Å². The van der Waals surface area contributed by atoms with E-state index in [9.17, 15) is 4.79 Å². The number of rotatable bonds is 3. The van der Waals surface area contributed by atoms with Gasteiger partial charge >= 0.3 is 0 Å². The average molecular weight is 310 g/mol. The molecular formula is C11H8BrN3OS. The Labute approximate surface area is 111 Å². The molecule has 0 bridgehead atoms. The molecule has 6 heteroatoms. The number of benzene rings is 1. The molecule has 1 N–H and O–H groups in total. The Morgan fingerprint density at radius 2 is 2.12 bits per heavy atom. The first-order valence-electron chi connectivity index (χ1n) is 4.76. The number of nitrogens with one attached hydrogen (secondary N) is 1. The number of halogens is 1. The Balaban J connectivity index is 2.07. The summed E-state index contributed by atoms with van der Waals surface area (Å²) in [7, 11) is 0. The summed E-state index contributed by atoms with van der Waals surface area (Å²) in [6.45, 7) is 0. The third-order valence-electron chi connectivity index (χ3n) is 1.91. The molecule has 0 atom stereocenters. The van der Waals surface area contributed by atoms with Gasteiger partial charge in [-0.25, -0.2) is 0 Å². The molecule has 86 valence electrons. The number of hydrogen-bond acceptors (Lipinski definition) is 4. The van der Waals surface area contributed by atoms with Crippen LogP contribution in [0.5, 0.6) is 0 Å². The molecule has 0 spiro atoms. The van der Waals surface area contributed by atoms with Gasteiger partial charge in [-0.05, 0) is 27.6 Å². The number of aromatic nitrogens is 2. The summed E-state index contributed by atoms with van der Waals surface area (Å²) in [4.78, 5) is 11.7. The van der Waals surface area contributed by atoms with E-state index in [4.69, 9.17) is 0 Å². The van der Waals surface area contributed by atoms with E-state index in [2.05, 4.69) is 30.8 Å². The molecular weight excluding hydrogens is 302 g/mol. The molecule has 0 fully saturated rings. The Hall–Kier alpha value is -1.53. The highest BCUT2D eigenvalue weighted by Crippen LogP contribution is 2.16. The van der Waals surface area contributed by atoms with E-state index in [1.54, 1.807) is 6.08 Å². The van der Waals surface area contributed by atoms with E-state index >= 15 is 0 Å². The molecule has 0 saturated heterocycles. The molecule has 1 aromatic carbocycles. The van der Waals surface area contributed by atoms with Crippen molar-refractivity contribution in [2.24, 2.45) is 0 Å². The van der Waals surface area contributed by atoms with Crippen molar-refractivity contribution in [2.45, 2.75) is 0 Å². The highest BCUT2D eigenvalue weighted by atomic mass is 79.9. The van der Waals surface area contributed by atoms with Crippen molar-refractivity contribution in [3.05, 3.63) is 46.6 Å². The normalized spacial score (nSPS) is 11.2. The fraction of sp³-hybridized carbons (Fsp3) is 0. The smallest absolute Gasteiger partial charge is 0.263 e. The second kappa shape index (κ2) is 5.70. The summed E-state index contributed by atoms with van der Waals surface area (Å²) in [5.41, 5.74) is 0.956. The van der Waals surface area contributed by atoms with Crippen LogP contribution in [0.3, 0.4) is 0 Å². The zero-order chi connectivity index (χ0) is 12.1. The molecule has 2 aromatic rings. The van der Waals surface area contributed by atoms with Gasteiger partial charge in [0.05, 0.1) is 10.7 Å². The summed E-state index contributed by atoms with van der Waals surface area (Å²) in [6.07, 6.45) is 3.26. The van der Waals surface area contributed by atoms with Crippen molar-refractivity contribution in [3.63, 3.8) is 0 Å². The third kappa shape index (κ3) is 3.47. The van der Waals surface area contributed by atoms with Gasteiger partial charge in [-0.1, -0.05) is 34.8 Å². The van der Waals surface area contributed by atoms with E-state index in [-0.39, 0.29) is 5.91 Å². The van der Waals surface area contributed by atoms with E-state index in [0.29, 0.717) is 9.48 Å². The van der Waals surface area contributed by atoms with Gasteiger partial charge in [0, 0.05) is 11.5 Å². The lowest BCUT2D eigenvalue weighted by atomic mass is 10.2. The molecule has 0 saturated carbocycles. The van der Waals surface area contributed by atoms with Crippen LogP contribution in [0.4, 0.5) is 5.00 Å². The van der Waals surface area contributed by atoms with Crippen LogP contribution in [-0.4, -0.2) is 15.5 Å². The van der Waals surface area contributed by atoms with Gasteiger partial charge in [0.2, 0.25) is 0 Å². The lowest BCUT2D eigenvalue weighted by Gasteiger charge is -2.00. The van der Waals surface area contributed by atoms with E-state index < -0.39 is 0 Å². The van der Waals surface area contributed by atoms with Crippen molar-refractivity contribution >= 4 is 44.4 Å². The number of nitrogens with zero attached hydrogens (tertiary/aromatic N) is 2. The Kier molecular flexibility index (Phi) is 4.00. The van der Waals surface area contributed by atoms with Gasteiger partial charge in [-0.3, -0.25) is 4.79 Å². The van der Waals surface area contributed by atoms with Crippen molar-refractivity contribution in [1.29, 1.82) is 0 Å². The zero-order valence-electron chi connectivity index (χ0n) is 8.63. The average Bonchev–Trinajstić information content (AvgIpc) is 2.83. The standard InChI is InChI=1S/C11H8BrN3OS/c12-9(6-8-4-2-1-3-5-8)11(16)14-10-7-13-15-17-10/h1-7H,(H,14,16)/b9-6+. The number of hydrogen-bond donors (Lipinski definition) is 1. The van der Waals surface area contributed by atoms with Gasteiger partial charge in [-0.2, -0.15) is 0 Å². The van der Waals surface area contributed by atoms with Gasteiger partial charge in [0.1, 0.15) is 5.00 Å². The number of anilines is 1. The first-order chi connectivity index (χ1) is 8.25. The van der Waals surface area contributed by atoms with Gasteiger partial charge in [0.25, 0.3) is 5.91 Å². The maximum atomic E-state index is 11.7. The van der Waals surface area contributed by atoms with Crippen molar-refractivity contribution in [3.8, 4) is 0 Å². The van der Waals surface area contributed by atoms with Crippen LogP contribution in [0.2, 0.25) is 0 Å². The van der Waals surface area contributed by atoms with Crippen molar-refractivity contribution in [1.82, 2.24) is 9.59 Å². The zero-order valence-corrected chi connectivity index (χ0v) is 11.0. The topological polar surface area (TPSA) is 54.9 Å².